The van der Waals surface area contributed by atoms with Crippen molar-refractivity contribution in [3.63, 3.8) is 0 Å². The molecule has 1 aliphatic carbocycles. The summed E-state index contributed by atoms with van der Waals surface area (Å²) in [5.74, 6) is 7.31. The average Bonchev–Trinajstić information content (AvgIpc) is 2.58. The number of rotatable bonds is 5. The van der Waals surface area contributed by atoms with E-state index >= 15 is 0 Å². The highest BCUT2D eigenvalue weighted by atomic mass is 16.5. The van der Waals surface area contributed by atoms with Gasteiger partial charge in [-0.25, -0.2) is 0 Å². The van der Waals surface area contributed by atoms with Gasteiger partial charge < -0.3 is 14.8 Å². The molecular formula is C18H21NO3. The number of amides is 1. The monoisotopic (exact) mass is 299 g/mol. The molecular weight excluding hydrogens is 278 g/mol. The lowest BCUT2D eigenvalue weighted by molar-refractivity contribution is -0.124. The van der Waals surface area contributed by atoms with Crippen LogP contribution < -0.4 is 14.8 Å². The first-order chi connectivity index (χ1) is 10.8. The molecule has 0 saturated carbocycles. The molecule has 4 nitrogen and oxygen atoms in total. The quantitative estimate of drug-likeness (QED) is 0.671. The molecule has 4 heteroatoms. The van der Waals surface area contributed by atoms with E-state index in [4.69, 9.17) is 9.47 Å². The van der Waals surface area contributed by atoms with Crippen LogP contribution in [-0.4, -0.2) is 26.2 Å². The number of methoxy groups -OCH3 is 1. The van der Waals surface area contributed by atoms with Crippen molar-refractivity contribution in [1.29, 1.82) is 0 Å². The number of nitrogens with one attached hydrogen (secondary N) is 1. The molecule has 1 amide bonds. The van der Waals surface area contributed by atoms with Crippen molar-refractivity contribution >= 4 is 5.91 Å². The Morgan fingerprint density at radius 1 is 1.27 bits per heavy atom. The molecule has 2 rings (SSSR count). The van der Waals surface area contributed by atoms with Crippen molar-refractivity contribution < 1.29 is 14.3 Å². The topological polar surface area (TPSA) is 47.6 Å². The summed E-state index contributed by atoms with van der Waals surface area (Å²) in [6, 6.07) is 7.43. The predicted molar refractivity (Wildman–Crippen MR) is 85.8 cm³/mol. The van der Waals surface area contributed by atoms with Crippen LogP contribution in [0.1, 0.15) is 19.3 Å². The van der Waals surface area contributed by atoms with Crippen LogP contribution in [0.4, 0.5) is 0 Å². The molecule has 0 saturated heterocycles. The Morgan fingerprint density at radius 2 is 2.09 bits per heavy atom. The largest absolute Gasteiger partial charge is 0.493 e. The number of hydrogen-bond donors (Lipinski definition) is 1. The Balaban J connectivity index is 1.69. The van der Waals surface area contributed by atoms with Crippen LogP contribution in [0.5, 0.6) is 11.5 Å². The lowest BCUT2D eigenvalue weighted by Gasteiger charge is -2.16. The molecule has 0 spiro atoms. The molecule has 0 bridgehead atoms. The number of carbonyl (C=O) groups is 1. The molecule has 1 unspecified atom stereocenters. The van der Waals surface area contributed by atoms with Crippen molar-refractivity contribution in [3.05, 3.63) is 36.4 Å². The van der Waals surface area contributed by atoms with Gasteiger partial charge in [-0.3, -0.25) is 4.79 Å². The number of carbonyl (C=O) groups excluding carboxylic acids is 1. The summed E-state index contributed by atoms with van der Waals surface area (Å²) >= 11 is 0. The molecule has 1 aliphatic rings. The van der Waals surface area contributed by atoms with Gasteiger partial charge in [-0.05, 0) is 31.4 Å². The van der Waals surface area contributed by atoms with E-state index in [0.29, 0.717) is 18.0 Å². The average molecular weight is 299 g/mol. The molecule has 116 valence electrons. The highest BCUT2D eigenvalue weighted by molar-refractivity contribution is 5.79. The van der Waals surface area contributed by atoms with Gasteiger partial charge in [-0.2, -0.15) is 0 Å². The Labute approximate surface area is 131 Å². The zero-order valence-electron chi connectivity index (χ0n) is 12.8. The molecule has 1 aromatic rings. The molecule has 0 fully saturated rings. The standard InChI is InChI=1S/C18H21NO3/c1-21-16-11-5-6-12-17(16)22-14-8-7-13-19-18(20)15-9-3-2-4-10-15/h2-3,5-6,11-12,15H,4,9-10,13-14H2,1H3,(H,19,20). The number of benzene rings is 1. The maximum absolute atomic E-state index is 11.9. The fraction of sp³-hybridized carbons (Fsp3) is 0.389. The van der Waals surface area contributed by atoms with Crippen molar-refractivity contribution in [1.82, 2.24) is 5.32 Å². The van der Waals surface area contributed by atoms with Crippen molar-refractivity contribution in [3.8, 4) is 23.3 Å². The van der Waals surface area contributed by atoms with Gasteiger partial charge in [0.05, 0.1) is 13.7 Å². The summed E-state index contributed by atoms with van der Waals surface area (Å²) in [7, 11) is 1.60. The fourth-order valence-corrected chi connectivity index (χ4v) is 2.27. The predicted octanol–water partition coefficient (Wildman–Crippen LogP) is 2.55. The normalized spacial score (nSPS) is 16.3. The Hall–Kier alpha value is -2.41. The van der Waals surface area contributed by atoms with E-state index in [1.54, 1.807) is 7.11 Å². The summed E-state index contributed by atoms with van der Waals surface area (Å²) in [6.45, 7) is 0.622. The van der Waals surface area contributed by atoms with Gasteiger partial charge in [0.2, 0.25) is 5.91 Å². The van der Waals surface area contributed by atoms with Gasteiger partial charge in [0, 0.05) is 5.92 Å². The Bertz CT molecular complexity index is 583. The maximum Gasteiger partial charge on any atom is 0.224 e. The van der Waals surface area contributed by atoms with Gasteiger partial charge in [0.15, 0.2) is 11.5 Å². The third-order valence-corrected chi connectivity index (χ3v) is 3.48. The van der Waals surface area contributed by atoms with Gasteiger partial charge in [0.25, 0.3) is 0 Å². The fourth-order valence-electron chi connectivity index (χ4n) is 2.27. The minimum absolute atomic E-state index is 0.0873. The van der Waals surface area contributed by atoms with E-state index in [-0.39, 0.29) is 18.4 Å². The lowest BCUT2D eigenvalue weighted by atomic mass is 9.94. The molecule has 0 aliphatic heterocycles. The van der Waals surface area contributed by atoms with Gasteiger partial charge in [-0.15, -0.1) is 0 Å². The van der Waals surface area contributed by atoms with Gasteiger partial charge >= 0.3 is 0 Å². The highest BCUT2D eigenvalue weighted by Gasteiger charge is 2.17. The van der Waals surface area contributed by atoms with Gasteiger partial charge in [-0.1, -0.05) is 36.1 Å². The van der Waals surface area contributed by atoms with Crippen LogP contribution in [0.3, 0.4) is 0 Å². The summed E-state index contributed by atoms with van der Waals surface area (Å²) in [4.78, 5) is 11.9. The van der Waals surface area contributed by atoms with Crippen LogP contribution in [0.25, 0.3) is 0 Å². The lowest BCUT2D eigenvalue weighted by Crippen LogP contribution is -2.31. The molecule has 1 aromatic carbocycles. The maximum atomic E-state index is 11.9. The number of allylic oxidation sites excluding steroid dienone is 2. The van der Waals surface area contributed by atoms with E-state index in [0.717, 1.165) is 19.3 Å². The zero-order valence-corrected chi connectivity index (χ0v) is 12.8. The summed E-state index contributed by atoms with van der Waals surface area (Å²) < 4.78 is 10.7. The second-order valence-corrected chi connectivity index (χ2v) is 4.99. The van der Waals surface area contributed by atoms with Crippen LogP contribution in [-0.2, 0) is 4.79 Å². The van der Waals surface area contributed by atoms with Crippen molar-refractivity contribution in [2.75, 3.05) is 20.3 Å². The third-order valence-electron chi connectivity index (χ3n) is 3.48. The Morgan fingerprint density at radius 3 is 2.82 bits per heavy atom. The molecule has 1 atom stereocenters. The molecule has 0 aromatic heterocycles. The van der Waals surface area contributed by atoms with Gasteiger partial charge in [0.1, 0.15) is 6.61 Å². The first kappa shape index (κ1) is 16.0. The van der Waals surface area contributed by atoms with E-state index in [2.05, 4.69) is 29.3 Å². The highest BCUT2D eigenvalue weighted by Crippen LogP contribution is 2.25. The Kier molecular flexibility index (Phi) is 6.38. The third kappa shape index (κ3) is 4.85. The second-order valence-electron chi connectivity index (χ2n) is 4.99. The summed E-state index contributed by atoms with van der Waals surface area (Å²) in [5.41, 5.74) is 0. The number of para-hydroxylation sites is 2. The zero-order chi connectivity index (χ0) is 15.6. The van der Waals surface area contributed by atoms with Crippen LogP contribution >= 0.6 is 0 Å². The van der Waals surface area contributed by atoms with Crippen LogP contribution in [0.15, 0.2) is 36.4 Å². The van der Waals surface area contributed by atoms with Crippen molar-refractivity contribution in [2.45, 2.75) is 19.3 Å². The summed E-state index contributed by atoms with van der Waals surface area (Å²) in [6.07, 6.45) is 6.93. The van der Waals surface area contributed by atoms with Crippen LogP contribution in [0, 0.1) is 17.8 Å². The first-order valence-electron chi connectivity index (χ1n) is 7.45. The molecule has 1 N–H and O–H groups in total. The SMILES string of the molecule is COc1ccccc1OCC#CCNC(=O)C1CC=CCC1. The van der Waals surface area contributed by atoms with E-state index in [9.17, 15) is 4.79 Å². The second kappa shape index (κ2) is 8.78. The number of hydrogen-bond acceptors (Lipinski definition) is 3. The minimum atomic E-state index is 0.0873. The smallest absolute Gasteiger partial charge is 0.224 e. The van der Waals surface area contributed by atoms with Crippen LogP contribution in [0.2, 0.25) is 0 Å². The molecule has 0 radical (unpaired) electrons. The van der Waals surface area contributed by atoms with E-state index in [1.165, 1.54) is 0 Å². The number of ether oxygens (including phenoxy) is 2. The van der Waals surface area contributed by atoms with E-state index < -0.39 is 0 Å². The summed E-state index contributed by atoms with van der Waals surface area (Å²) in [5, 5.41) is 2.85. The minimum Gasteiger partial charge on any atom is -0.493 e. The van der Waals surface area contributed by atoms with E-state index in [1.807, 2.05) is 24.3 Å². The molecule has 22 heavy (non-hydrogen) atoms. The first-order valence-corrected chi connectivity index (χ1v) is 7.45. The molecule has 0 heterocycles. The van der Waals surface area contributed by atoms with Crippen molar-refractivity contribution in [2.24, 2.45) is 5.92 Å².